The zero-order valence-electron chi connectivity index (χ0n) is 15.0. The molecule has 3 aromatic rings. The van der Waals surface area contributed by atoms with Gasteiger partial charge in [0.2, 0.25) is 5.91 Å². The van der Waals surface area contributed by atoms with Gasteiger partial charge in [0, 0.05) is 31.6 Å². The molecule has 0 spiro atoms. The predicted molar refractivity (Wildman–Crippen MR) is 102 cm³/mol. The highest BCUT2D eigenvalue weighted by atomic mass is 16.1. The second-order valence-electron chi connectivity index (χ2n) is 6.60. The minimum atomic E-state index is 0.0873. The van der Waals surface area contributed by atoms with E-state index in [1.54, 1.807) is 18.7 Å². The third-order valence-corrected chi connectivity index (χ3v) is 4.37. The van der Waals surface area contributed by atoms with E-state index in [1.165, 1.54) is 5.56 Å². The maximum atomic E-state index is 12.1. The third kappa shape index (κ3) is 5.28. The highest BCUT2D eigenvalue weighted by Crippen LogP contribution is 2.13. The molecule has 1 aromatic carbocycles. The quantitative estimate of drug-likeness (QED) is 0.677. The maximum absolute atomic E-state index is 12.1. The monoisotopic (exact) mass is 348 g/mol. The van der Waals surface area contributed by atoms with E-state index >= 15 is 0 Å². The molecule has 0 fully saturated rings. The number of nitrogens with zero attached hydrogens (tertiary/aromatic N) is 3. The van der Waals surface area contributed by atoms with Crippen LogP contribution >= 0.6 is 0 Å². The second kappa shape index (κ2) is 8.94. The van der Waals surface area contributed by atoms with Crippen LogP contribution in [0, 0.1) is 5.92 Å². The van der Waals surface area contributed by atoms with Crippen LogP contribution in [0.2, 0.25) is 0 Å². The first-order valence-corrected chi connectivity index (χ1v) is 8.94. The van der Waals surface area contributed by atoms with Gasteiger partial charge in [-0.1, -0.05) is 43.3 Å². The Hall–Kier alpha value is -2.95. The summed E-state index contributed by atoms with van der Waals surface area (Å²) in [6.45, 7) is 2.63. The minimum Gasteiger partial charge on any atom is -0.352 e. The molecule has 1 unspecified atom stereocenters. The molecule has 0 radical (unpaired) electrons. The molecule has 5 nitrogen and oxygen atoms in total. The molecule has 5 heteroatoms. The van der Waals surface area contributed by atoms with Gasteiger partial charge in [0.25, 0.3) is 0 Å². The Balaban J connectivity index is 1.40. The molecule has 2 aromatic heterocycles. The van der Waals surface area contributed by atoms with Crippen molar-refractivity contribution in [3.63, 3.8) is 0 Å². The van der Waals surface area contributed by atoms with E-state index in [4.69, 9.17) is 0 Å². The van der Waals surface area contributed by atoms with Crippen LogP contribution in [0.1, 0.15) is 30.9 Å². The average molecular weight is 348 g/mol. The molecule has 0 aliphatic heterocycles. The van der Waals surface area contributed by atoms with Crippen LogP contribution in [0.5, 0.6) is 0 Å². The molecule has 0 saturated carbocycles. The van der Waals surface area contributed by atoms with Crippen molar-refractivity contribution < 1.29 is 4.79 Å². The number of imidazole rings is 1. The molecule has 1 atom stereocenters. The normalized spacial score (nSPS) is 11.9. The molecule has 0 aliphatic carbocycles. The first kappa shape index (κ1) is 17.9. The lowest BCUT2D eigenvalue weighted by atomic mass is 9.98. The van der Waals surface area contributed by atoms with Crippen molar-refractivity contribution in [3.8, 4) is 5.82 Å². The fraction of sp³-hybridized carbons (Fsp3) is 0.286. The molecular weight excluding hydrogens is 324 g/mol. The Bertz CT molecular complexity index is 798. The summed E-state index contributed by atoms with van der Waals surface area (Å²) < 4.78 is 1.84. The van der Waals surface area contributed by atoms with Gasteiger partial charge in [0.15, 0.2) is 0 Å². The SMILES string of the molecule is CC(CCc1ccccc1)CC(=O)NCc1ccc(-n2ccnc2)nc1. The van der Waals surface area contributed by atoms with Gasteiger partial charge in [-0.3, -0.25) is 9.36 Å². The molecule has 1 N–H and O–H groups in total. The van der Waals surface area contributed by atoms with Gasteiger partial charge in [0.1, 0.15) is 12.1 Å². The average Bonchev–Trinajstić information content (AvgIpc) is 3.21. The molecule has 0 aliphatic rings. The van der Waals surface area contributed by atoms with E-state index in [2.05, 4.69) is 46.5 Å². The molecule has 26 heavy (non-hydrogen) atoms. The lowest BCUT2D eigenvalue weighted by Crippen LogP contribution is -2.24. The Labute approximate surface area is 154 Å². The summed E-state index contributed by atoms with van der Waals surface area (Å²) in [5.74, 6) is 1.26. The largest absolute Gasteiger partial charge is 0.352 e. The lowest BCUT2D eigenvalue weighted by Gasteiger charge is -2.12. The van der Waals surface area contributed by atoms with Crippen molar-refractivity contribution in [2.45, 2.75) is 32.7 Å². The number of amides is 1. The number of pyridine rings is 1. The fourth-order valence-electron chi connectivity index (χ4n) is 2.82. The van der Waals surface area contributed by atoms with Crippen molar-refractivity contribution in [2.24, 2.45) is 5.92 Å². The minimum absolute atomic E-state index is 0.0873. The van der Waals surface area contributed by atoms with Crippen LogP contribution in [0.15, 0.2) is 67.4 Å². The molecule has 0 bridgehead atoms. The molecule has 1 amide bonds. The summed E-state index contributed by atoms with van der Waals surface area (Å²) >= 11 is 0. The Morgan fingerprint density at radius 1 is 1.15 bits per heavy atom. The number of aromatic nitrogens is 3. The van der Waals surface area contributed by atoms with E-state index < -0.39 is 0 Å². The Morgan fingerprint density at radius 3 is 2.69 bits per heavy atom. The highest BCUT2D eigenvalue weighted by Gasteiger charge is 2.09. The Morgan fingerprint density at radius 2 is 2.00 bits per heavy atom. The van der Waals surface area contributed by atoms with E-state index in [0.717, 1.165) is 24.2 Å². The van der Waals surface area contributed by atoms with Crippen molar-refractivity contribution in [3.05, 3.63) is 78.5 Å². The highest BCUT2D eigenvalue weighted by molar-refractivity contribution is 5.76. The van der Waals surface area contributed by atoms with Crippen molar-refractivity contribution in [1.82, 2.24) is 19.9 Å². The van der Waals surface area contributed by atoms with Crippen molar-refractivity contribution in [1.29, 1.82) is 0 Å². The number of carbonyl (C=O) groups excluding carboxylic acids is 1. The number of aryl methyl sites for hydroxylation is 1. The summed E-state index contributed by atoms with van der Waals surface area (Å²) in [6.07, 6.45) is 9.63. The number of benzene rings is 1. The van der Waals surface area contributed by atoms with Gasteiger partial charge < -0.3 is 5.32 Å². The van der Waals surface area contributed by atoms with Crippen molar-refractivity contribution >= 4 is 5.91 Å². The first-order chi connectivity index (χ1) is 12.7. The summed E-state index contributed by atoms with van der Waals surface area (Å²) in [5, 5.41) is 2.98. The third-order valence-electron chi connectivity index (χ3n) is 4.37. The molecular formula is C21H24N4O. The number of rotatable bonds is 8. The van der Waals surface area contributed by atoms with E-state index in [-0.39, 0.29) is 5.91 Å². The van der Waals surface area contributed by atoms with Gasteiger partial charge in [-0.25, -0.2) is 9.97 Å². The van der Waals surface area contributed by atoms with E-state index in [0.29, 0.717) is 18.9 Å². The summed E-state index contributed by atoms with van der Waals surface area (Å²) in [7, 11) is 0. The van der Waals surface area contributed by atoms with Crippen LogP contribution in [-0.4, -0.2) is 20.4 Å². The topological polar surface area (TPSA) is 59.8 Å². The summed E-state index contributed by atoms with van der Waals surface area (Å²) in [4.78, 5) is 20.6. The summed E-state index contributed by atoms with van der Waals surface area (Å²) in [5.41, 5.74) is 2.31. The van der Waals surface area contributed by atoms with Gasteiger partial charge in [-0.15, -0.1) is 0 Å². The van der Waals surface area contributed by atoms with Crippen LogP contribution < -0.4 is 5.32 Å². The standard InChI is InChI=1S/C21H24N4O/c1-17(7-8-18-5-3-2-4-6-18)13-21(26)24-15-19-9-10-20(23-14-19)25-12-11-22-16-25/h2-6,9-12,14,16-17H,7-8,13,15H2,1H3,(H,24,26). The first-order valence-electron chi connectivity index (χ1n) is 8.94. The number of hydrogen-bond acceptors (Lipinski definition) is 3. The lowest BCUT2D eigenvalue weighted by molar-refractivity contribution is -0.122. The van der Waals surface area contributed by atoms with Gasteiger partial charge in [0.05, 0.1) is 0 Å². The molecule has 0 saturated heterocycles. The Kier molecular flexibility index (Phi) is 6.14. The van der Waals surface area contributed by atoms with Crippen LogP contribution in [0.3, 0.4) is 0 Å². The van der Waals surface area contributed by atoms with Gasteiger partial charge in [-0.2, -0.15) is 0 Å². The second-order valence-corrected chi connectivity index (χ2v) is 6.60. The van der Waals surface area contributed by atoms with Crippen LogP contribution in [0.4, 0.5) is 0 Å². The number of nitrogens with one attached hydrogen (secondary N) is 1. The smallest absolute Gasteiger partial charge is 0.220 e. The number of carbonyl (C=O) groups is 1. The number of hydrogen-bond donors (Lipinski definition) is 1. The summed E-state index contributed by atoms with van der Waals surface area (Å²) in [6, 6.07) is 14.3. The molecule has 134 valence electrons. The zero-order valence-corrected chi connectivity index (χ0v) is 15.0. The molecule has 2 heterocycles. The zero-order chi connectivity index (χ0) is 18.2. The van der Waals surface area contributed by atoms with Gasteiger partial charge in [-0.05, 0) is 36.0 Å². The predicted octanol–water partition coefficient (Wildman–Crippen LogP) is 3.54. The van der Waals surface area contributed by atoms with E-state index in [1.807, 2.05) is 29.0 Å². The van der Waals surface area contributed by atoms with Crippen LogP contribution in [-0.2, 0) is 17.8 Å². The maximum Gasteiger partial charge on any atom is 0.220 e. The molecule has 3 rings (SSSR count). The van der Waals surface area contributed by atoms with Crippen molar-refractivity contribution in [2.75, 3.05) is 0 Å². The van der Waals surface area contributed by atoms with Crippen LogP contribution in [0.25, 0.3) is 5.82 Å². The van der Waals surface area contributed by atoms with E-state index in [9.17, 15) is 4.79 Å². The fourth-order valence-corrected chi connectivity index (χ4v) is 2.82. The van der Waals surface area contributed by atoms with Gasteiger partial charge >= 0.3 is 0 Å².